The van der Waals surface area contributed by atoms with Crippen molar-refractivity contribution in [2.75, 3.05) is 5.32 Å². The van der Waals surface area contributed by atoms with E-state index in [9.17, 15) is 10.1 Å². The Morgan fingerprint density at radius 1 is 1.25 bits per heavy atom. The molecule has 1 amide bonds. The molecule has 1 saturated carbocycles. The Labute approximate surface area is 171 Å². The van der Waals surface area contributed by atoms with E-state index < -0.39 is 5.41 Å². The van der Waals surface area contributed by atoms with E-state index in [0.29, 0.717) is 22.0 Å². The molecule has 0 aromatic heterocycles. The molecule has 0 unspecified atom stereocenters. The first-order chi connectivity index (χ1) is 13.5. The third-order valence-electron chi connectivity index (χ3n) is 5.56. The summed E-state index contributed by atoms with van der Waals surface area (Å²) in [4.78, 5) is 13.3. The summed E-state index contributed by atoms with van der Waals surface area (Å²) < 4.78 is 5.79. The van der Waals surface area contributed by atoms with Crippen LogP contribution in [0.25, 0.3) is 0 Å². The van der Waals surface area contributed by atoms with Gasteiger partial charge in [0.25, 0.3) is 0 Å². The van der Waals surface area contributed by atoms with Crippen molar-refractivity contribution in [3.8, 4) is 11.8 Å². The number of ether oxygens (including phenoxy) is 1. The molecule has 0 spiro atoms. The first-order valence-electron chi connectivity index (χ1n) is 9.77. The average molecular weight is 397 g/mol. The normalized spacial score (nSPS) is 16.2. The molecule has 146 valence electrons. The monoisotopic (exact) mass is 396 g/mol. The maximum absolute atomic E-state index is 13.3. The highest BCUT2D eigenvalue weighted by Crippen LogP contribution is 2.42. The first-order valence-corrected chi connectivity index (χ1v) is 10.1. The molecule has 0 bridgehead atoms. The molecule has 3 rings (SSSR count). The van der Waals surface area contributed by atoms with Crippen LogP contribution in [0.2, 0.25) is 5.02 Å². The quantitative estimate of drug-likeness (QED) is 0.667. The van der Waals surface area contributed by atoms with Crippen molar-refractivity contribution in [1.82, 2.24) is 0 Å². The number of carbonyl (C=O) groups excluding carboxylic acids is 1. The number of benzene rings is 2. The standard InChI is InChI=1S/C23H25ClN2O2/c1-3-16(2)28-20-10-11-21(17(14-20)15-25)26-22(27)23(12-4-5-13-23)18-6-8-19(24)9-7-18/h6-11,14,16H,3-5,12-13H2,1-2H3,(H,26,27)/t16-/m1/s1. The number of amides is 1. The molecule has 28 heavy (non-hydrogen) atoms. The second kappa shape index (κ2) is 8.67. The van der Waals surface area contributed by atoms with Gasteiger partial charge in [0.2, 0.25) is 5.91 Å². The van der Waals surface area contributed by atoms with E-state index in [1.54, 1.807) is 18.2 Å². The van der Waals surface area contributed by atoms with E-state index in [4.69, 9.17) is 16.3 Å². The van der Waals surface area contributed by atoms with E-state index in [-0.39, 0.29) is 12.0 Å². The molecule has 0 aliphatic heterocycles. The molecule has 0 radical (unpaired) electrons. The summed E-state index contributed by atoms with van der Waals surface area (Å²) >= 11 is 6.03. The van der Waals surface area contributed by atoms with Gasteiger partial charge < -0.3 is 10.1 Å². The highest BCUT2D eigenvalue weighted by atomic mass is 35.5. The molecule has 4 nitrogen and oxygen atoms in total. The van der Waals surface area contributed by atoms with Gasteiger partial charge in [-0.2, -0.15) is 5.26 Å². The van der Waals surface area contributed by atoms with Gasteiger partial charge in [-0.1, -0.05) is 43.5 Å². The third kappa shape index (κ3) is 4.15. The minimum Gasteiger partial charge on any atom is -0.491 e. The van der Waals surface area contributed by atoms with Gasteiger partial charge in [-0.05, 0) is 56.0 Å². The van der Waals surface area contributed by atoms with Crippen molar-refractivity contribution in [3.63, 3.8) is 0 Å². The summed E-state index contributed by atoms with van der Waals surface area (Å²) in [5.74, 6) is 0.566. The summed E-state index contributed by atoms with van der Waals surface area (Å²) in [5, 5.41) is 13.2. The predicted octanol–water partition coefficient (Wildman–Crippen LogP) is 5.84. The Bertz CT molecular complexity index is 880. The largest absolute Gasteiger partial charge is 0.491 e. The van der Waals surface area contributed by atoms with Gasteiger partial charge in [0.15, 0.2) is 0 Å². The van der Waals surface area contributed by atoms with Crippen LogP contribution in [-0.4, -0.2) is 12.0 Å². The SMILES string of the molecule is CC[C@@H](C)Oc1ccc(NC(=O)C2(c3ccc(Cl)cc3)CCCC2)c(C#N)c1. The van der Waals surface area contributed by atoms with Crippen molar-refractivity contribution in [1.29, 1.82) is 5.26 Å². The molecule has 1 aliphatic rings. The maximum atomic E-state index is 13.3. The van der Waals surface area contributed by atoms with Crippen LogP contribution in [0.4, 0.5) is 5.69 Å². The number of nitrogens with zero attached hydrogens (tertiary/aromatic N) is 1. The Hall–Kier alpha value is -2.51. The fraction of sp³-hybridized carbons (Fsp3) is 0.391. The second-order valence-electron chi connectivity index (χ2n) is 7.41. The minimum atomic E-state index is -0.580. The predicted molar refractivity (Wildman–Crippen MR) is 112 cm³/mol. The summed E-state index contributed by atoms with van der Waals surface area (Å²) in [6.07, 6.45) is 4.53. The van der Waals surface area contributed by atoms with E-state index in [1.807, 2.05) is 38.1 Å². The van der Waals surface area contributed by atoms with Gasteiger partial charge >= 0.3 is 0 Å². The van der Waals surface area contributed by atoms with Crippen LogP contribution in [0.5, 0.6) is 5.75 Å². The Morgan fingerprint density at radius 2 is 1.93 bits per heavy atom. The summed E-state index contributed by atoms with van der Waals surface area (Å²) in [7, 11) is 0. The average Bonchev–Trinajstić information content (AvgIpc) is 3.20. The van der Waals surface area contributed by atoms with Gasteiger partial charge in [-0.3, -0.25) is 4.79 Å². The summed E-state index contributed by atoms with van der Waals surface area (Å²) in [6.45, 7) is 4.03. The van der Waals surface area contributed by atoms with Crippen LogP contribution in [0.15, 0.2) is 42.5 Å². The Morgan fingerprint density at radius 3 is 2.54 bits per heavy atom. The zero-order valence-corrected chi connectivity index (χ0v) is 17.1. The fourth-order valence-electron chi connectivity index (χ4n) is 3.75. The maximum Gasteiger partial charge on any atom is 0.235 e. The highest BCUT2D eigenvalue weighted by Gasteiger charge is 2.42. The second-order valence-corrected chi connectivity index (χ2v) is 7.84. The van der Waals surface area contributed by atoms with Crippen LogP contribution in [0.3, 0.4) is 0 Å². The molecule has 0 saturated heterocycles. The molecule has 1 aliphatic carbocycles. The first kappa shape index (κ1) is 20.2. The Balaban J connectivity index is 1.86. The van der Waals surface area contributed by atoms with Gasteiger partial charge in [0, 0.05) is 11.1 Å². The topological polar surface area (TPSA) is 62.1 Å². The van der Waals surface area contributed by atoms with Crippen LogP contribution >= 0.6 is 11.6 Å². The van der Waals surface area contributed by atoms with E-state index in [2.05, 4.69) is 11.4 Å². The van der Waals surface area contributed by atoms with Crippen molar-refractivity contribution < 1.29 is 9.53 Å². The number of rotatable bonds is 6. The smallest absolute Gasteiger partial charge is 0.235 e. The number of hydrogen-bond acceptors (Lipinski definition) is 3. The third-order valence-corrected chi connectivity index (χ3v) is 5.81. The van der Waals surface area contributed by atoms with E-state index in [1.165, 1.54) is 0 Å². The fourth-order valence-corrected chi connectivity index (χ4v) is 3.88. The molecule has 2 aromatic rings. The number of anilines is 1. The van der Waals surface area contributed by atoms with Crippen LogP contribution in [0, 0.1) is 11.3 Å². The van der Waals surface area contributed by atoms with Crippen molar-refractivity contribution in [2.45, 2.75) is 57.5 Å². The lowest BCUT2D eigenvalue weighted by Gasteiger charge is -2.28. The van der Waals surface area contributed by atoms with Crippen molar-refractivity contribution in [2.24, 2.45) is 0 Å². The lowest BCUT2D eigenvalue weighted by Crippen LogP contribution is -2.38. The number of carbonyl (C=O) groups is 1. The lowest BCUT2D eigenvalue weighted by atomic mass is 9.78. The molecule has 1 atom stereocenters. The zero-order valence-electron chi connectivity index (χ0n) is 16.3. The lowest BCUT2D eigenvalue weighted by molar-refractivity contribution is -0.121. The molecule has 2 aromatic carbocycles. The van der Waals surface area contributed by atoms with Gasteiger partial charge in [-0.15, -0.1) is 0 Å². The summed E-state index contributed by atoms with van der Waals surface area (Å²) in [5.41, 5.74) is 1.31. The van der Waals surface area contributed by atoms with Gasteiger partial charge in [-0.25, -0.2) is 0 Å². The van der Waals surface area contributed by atoms with Crippen molar-refractivity contribution >= 4 is 23.2 Å². The molecule has 0 heterocycles. The summed E-state index contributed by atoms with van der Waals surface area (Å²) in [6, 6.07) is 14.9. The van der Waals surface area contributed by atoms with Crippen molar-refractivity contribution in [3.05, 3.63) is 58.6 Å². The van der Waals surface area contributed by atoms with Gasteiger partial charge in [0.1, 0.15) is 11.8 Å². The minimum absolute atomic E-state index is 0.0682. The molecular formula is C23H25ClN2O2. The highest BCUT2D eigenvalue weighted by molar-refractivity contribution is 6.30. The number of nitrogens with one attached hydrogen (secondary N) is 1. The van der Waals surface area contributed by atoms with E-state index in [0.717, 1.165) is 37.7 Å². The molecule has 1 fully saturated rings. The van der Waals surface area contributed by atoms with Gasteiger partial charge in [0.05, 0.1) is 22.8 Å². The van der Waals surface area contributed by atoms with E-state index >= 15 is 0 Å². The zero-order chi connectivity index (χ0) is 20.1. The number of hydrogen-bond donors (Lipinski definition) is 1. The van der Waals surface area contributed by atoms with Crippen LogP contribution in [0.1, 0.15) is 57.1 Å². The molecule has 5 heteroatoms. The van der Waals surface area contributed by atoms with Crippen LogP contribution in [-0.2, 0) is 10.2 Å². The Kier molecular flexibility index (Phi) is 6.26. The molecular weight excluding hydrogens is 372 g/mol. The molecule has 1 N–H and O–H groups in total. The van der Waals surface area contributed by atoms with Crippen LogP contribution < -0.4 is 10.1 Å². The number of halogens is 1. The number of nitriles is 1.